The molecule has 0 aliphatic carbocycles. The summed E-state index contributed by atoms with van der Waals surface area (Å²) in [7, 11) is 0. The molecular formula is C10H14ClFN6. The average molecular weight is 273 g/mol. The molecule has 1 unspecified atom stereocenters. The Balaban J connectivity index is 2.83. The zero-order valence-electron chi connectivity index (χ0n) is 10.4. The summed E-state index contributed by atoms with van der Waals surface area (Å²) in [4.78, 5) is 10.0. The molecule has 0 aliphatic rings. The third-order valence-electron chi connectivity index (χ3n) is 2.78. The second-order valence-corrected chi connectivity index (χ2v) is 4.92. The quantitative estimate of drug-likeness (QED) is 0.386. The highest BCUT2D eigenvalue weighted by Crippen LogP contribution is 2.25. The Bertz CT molecular complexity index is 471. The van der Waals surface area contributed by atoms with E-state index in [1.165, 1.54) is 0 Å². The van der Waals surface area contributed by atoms with Crippen molar-refractivity contribution in [1.29, 1.82) is 0 Å². The third kappa shape index (κ3) is 3.72. The van der Waals surface area contributed by atoms with Crippen LogP contribution in [-0.2, 0) is 0 Å². The van der Waals surface area contributed by atoms with Gasteiger partial charge >= 0.3 is 0 Å². The van der Waals surface area contributed by atoms with Gasteiger partial charge in [0.15, 0.2) is 11.6 Å². The number of aromatic nitrogens is 2. The first-order chi connectivity index (χ1) is 8.36. The Morgan fingerprint density at radius 1 is 1.67 bits per heavy atom. The number of anilines is 1. The Hall–Kier alpha value is -1.59. The Labute approximate surface area is 109 Å². The molecule has 0 saturated carbocycles. The van der Waals surface area contributed by atoms with Crippen molar-refractivity contribution in [3.8, 4) is 0 Å². The lowest BCUT2D eigenvalue weighted by Gasteiger charge is -2.31. The molecule has 1 atom stereocenters. The summed E-state index contributed by atoms with van der Waals surface area (Å²) in [6.45, 7) is 5.94. The maximum Gasteiger partial charge on any atom is 0.224 e. The summed E-state index contributed by atoms with van der Waals surface area (Å²) in [6.07, 6.45) is 1.00. The van der Waals surface area contributed by atoms with Crippen LogP contribution in [0, 0.1) is 11.2 Å². The van der Waals surface area contributed by atoms with Crippen LogP contribution in [0.25, 0.3) is 10.4 Å². The molecule has 0 aromatic carbocycles. The fourth-order valence-electron chi connectivity index (χ4n) is 1.20. The van der Waals surface area contributed by atoms with E-state index >= 15 is 0 Å². The number of hydrogen-bond donors (Lipinski definition) is 1. The SMILES string of the molecule is CC(Nc1nc(Cl)ncc1F)C(C)(C)CN=[N+]=[N-]. The van der Waals surface area contributed by atoms with E-state index in [1.807, 2.05) is 20.8 Å². The molecule has 1 aromatic rings. The lowest BCUT2D eigenvalue weighted by atomic mass is 9.85. The molecule has 0 spiro atoms. The van der Waals surface area contributed by atoms with Crippen LogP contribution in [0.15, 0.2) is 11.3 Å². The van der Waals surface area contributed by atoms with E-state index in [0.717, 1.165) is 6.20 Å². The number of halogens is 2. The van der Waals surface area contributed by atoms with Gasteiger partial charge in [-0.2, -0.15) is 4.98 Å². The minimum absolute atomic E-state index is 0.0287. The van der Waals surface area contributed by atoms with Gasteiger partial charge in [0.05, 0.1) is 6.20 Å². The first-order valence-electron chi connectivity index (χ1n) is 5.32. The zero-order chi connectivity index (χ0) is 13.8. The summed E-state index contributed by atoms with van der Waals surface area (Å²) >= 11 is 5.60. The van der Waals surface area contributed by atoms with E-state index < -0.39 is 5.82 Å². The summed E-state index contributed by atoms with van der Waals surface area (Å²) in [5.74, 6) is -0.539. The first kappa shape index (κ1) is 14.5. The van der Waals surface area contributed by atoms with Crippen LogP contribution in [0.1, 0.15) is 20.8 Å². The maximum atomic E-state index is 13.4. The van der Waals surface area contributed by atoms with Gasteiger partial charge in [0.25, 0.3) is 0 Å². The second-order valence-electron chi connectivity index (χ2n) is 4.58. The van der Waals surface area contributed by atoms with Gasteiger partial charge in [-0.15, -0.1) is 0 Å². The number of rotatable bonds is 5. The van der Waals surface area contributed by atoms with Gasteiger partial charge in [0.1, 0.15) is 0 Å². The molecule has 1 aromatic heterocycles. The summed E-state index contributed by atoms with van der Waals surface area (Å²) in [5.41, 5.74) is 7.97. The van der Waals surface area contributed by atoms with Crippen LogP contribution in [0.3, 0.4) is 0 Å². The van der Waals surface area contributed by atoms with E-state index in [9.17, 15) is 4.39 Å². The van der Waals surface area contributed by atoms with Crippen molar-refractivity contribution in [1.82, 2.24) is 9.97 Å². The van der Waals surface area contributed by atoms with Crippen molar-refractivity contribution in [3.63, 3.8) is 0 Å². The average Bonchev–Trinajstić information content (AvgIpc) is 2.31. The summed E-state index contributed by atoms with van der Waals surface area (Å²) < 4.78 is 13.4. The number of hydrogen-bond acceptors (Lipinski definition) is 4. The molecule has 1 N–H and O–H groups in total. The lowest BCUT2D eigenvalue weighted by molar-refractivity contribution is 0.329. The zero-order valence-corrected chi connectivity index (χ0v) is 11.1. The highest BCUT2D eigenvalue weighted by Gasteiger charge is 2.26. The Kier molecular flexibility index (Phi) is 4.69. The number of nitrogens with zero attached hydrogens (tertiary/aromatic N) is 5. The van der Waals surface area contributed by atoms with Gasteiger partial charge in [0.2, 0.25) is 5.28 Å². The van der Waals surface area contributed by atoms with Crippen LogP contribution in [0.5, 0.6) is 0 Å². The molecule has 18 heavy (non-hydrogen) atoms. The predicted octanol–water partition coefficient (Wildman–Crippen LogP) is 3.41. The standard InChI is InChI=1S/C10H14ClFN6/c1-6(10(2,3)5-15-18-13)16-8-7(12)4-14-9(11)17-8/h4,6H,5H2,1-3H3,(H,14,16,17). The van der Waals surface area contributed by atoms with Crippen LogP contribution < -0.4 is 5.32 Å². The number of nitrogens with one attached hydrogen (secondary N) is 1. The molecule has 0 radical (unpaired) electrons. The minimum Gasteiger partial charge on any atom is -0.365 e. The maximum absolute atomic E-state index is 13.4. The monoisotopic (exact) mass is 272 g/mol. The molecule has 0 saturated heterocycles. The molecule has 98 valence electrons. The van der Waals surface area contributed by atoms with E-state index in [-0.39, 0.29) is 29.1 Å². The third-order valence-corrected chi connectivity index (χ3v) is 2.96. The van der Waals surface area contributed by atoms with Gasteiger partial charge in [-0.1, -0.05) is 19.0 Å². The van der Waals surface area contributed by atoms with Crippen molar-refractivity contribution in [2.45, 2.75) is 26.8 Å². The Morgan fingerprint density at radius 2 is 2.33 bits per heavy atom. The predicted molar refractivity (Wildman–Crippen MR) is 67.9 cm³/mol. The van der Waals surface area contributed by atoms with Crippen LogP contribution in [-0.4, -0.2) is 22.6 Å². The minimum atomic E-state index is -0.578. The fourth-order valence-corrected chi connectivity index (χ4v) is 1.33. The molecule has 6 nitrogen and oxygen atoms in total. The largest absolute Gasteiger partial charge is 0.365 e. The van der Waals surface area contributed by atoms with Gasteiger partial charge in [-0.05, 0) is 29.5 Å². The highest BCUT2D eigenvalue weighted by molar-refractivity contribution is 6.28. The molecule has 8 heteroatoms. The van der Waals surface area contributed by atoms with Crippen molar-refractivity contribution in [3.05, 3.63) is 27.7 Å². The van der Waals surface area contributed by atoms with Crippen molar-refractivity contribution in [2.24, 2.45) is 10.5 Å². The molecular weight excluding hydrogens is 259 g/mol. The fraction of sp³-hybridized carbons (Fsp3) is 0.600. The molecule has 0 fully saturated rings. The lowest BCUT2D eigenvalue weighted by Crippen LogP contribution is -2.36. The number of azide groups is 1. The van der Waals surface area contributed by atoms with E-state index in [2.05, 4.69) is 25.3 Å². The van der Waals surface area contributed by atoms with Gasteiger partial charge in [-0.3, -0.25) is 0 Å². The topological polar surface area (TPSA) is 86.6 Å². The summed E-state index contributed by atoms with van der Waals surface area (Å²) in [5, 5.41) is 6.41. The highest BCUT2D eigenvalue weighted by atomic mass is 35.5. The molecule has 0 amide bonds. The molecule has 0 aliphatic heterocycles. The van der Waals surface area contributed by atoms with Gasteiger partial charge in [-0.25, -0.2) is 9.37 Å². The van der Waals surface area contributed by atoms with Crippen molar-refractivity contribution < 1.29 is 4.39 Å². The molecule has 0 bridgehead atoms. The van der Waals surface area contributed by atoms with Gasteiger partial charge < -0.3 is 5.32 Å². The van der Waals surface area contributed by atoms with Crippen LogP contribution >= 0.6 is 11.6 Å². The normalized spacial score (nSPS) is 12.7. The van der Waals surface area contributed by atoms with Crippen molar-refractivity contribution in [2.75, 3.05) is 11.9 Å². The van der Waals surface area contributed by atoms with E-state index in [4.69, 9.17) is 17.1 Å². The van der Waals surface area contributed by atoms with Crippen LogP contribution in [0.4, 0.5) is 10.2 Å². The second kappa shape index (κ2) is 5.84. The van der Waals surface area contributed by atoms with E-state index in [1.54, 1.807) is 0 Å². The van der Waals surface area contributed by atoms with E-state index in [0.29, 0.717) is 0 Å². The molecule has 1 rings (SSSR count). The first-order valence-corrected chi connectivity index (χ1v) is 5.70. The Morgan fingerprint density at radius 3 is 2.94 bits per heavy atom. The molecule has 1 heterocycles. The summed E-state index contributed by atoms with van der Waals surface area (Å²) in [6, 6.07) is -0.163. The smallest absolute Gasteiger partial charge is 0.224 e. The van der Waals surface area contributed by atoms with Crippen LogP contribution in [0.2, 0.25) is 5.28 Å². The van der Waals surface area contributed by atoms with Gasteiger partial charge in [0, 0.05) is 17.5 Å². The van der Waals surface area contributed by atoms with Crippen molar-refractivity contribution >= 4 is 17.4 Å².